The van der Waals surface area contributed by atoms with Crippen LogP contribution < -0.4 is 0 Å². The molecule has 0 aromatic heterocycles. The maximum absolute atomic E-state index is 11.7. The summed E-state index contributed by atoms with van der Waals surface area (Å²) in [5.41, 5.74) is -0.472. The zero-order chi connectivity index (χ0) is 24.6. The predicted molar refractivity (Wildman–Crippen MR) is 122 cm³/mol. The number of carbonyl (C=O) groups is 2. The van der Waals surface area contributed by atoms with E-state index in [-0.39, 0.29) is 24.2 Å². The fraction of sp³-hybridized carbons (Fsp3) is 0.160. The Hall–Kier alpha value is -4.55. The van der Waals surface area contributed by atoms with Crippen molar-refractivity contribution in [1.29, 1.82) is 5.26 Å². The van der Waals surface area contributed by atoms with Crippen molar-refractivity contribution in [2.24, 2.45) is 0 Å². The van der Waals surface area contributed by atoms with E-state index in [4.69, 9.17) is 4.84 Å². The number of nitriles is 1. The third-order valence-corrected chi connectivity index (χ3v) is 5.47. The Morgan fingerprint density at radius 2 is 1.65 bits per heavy atom. The van der Waals surface area contributed by atoms with Gasteiger partial charge < -0.3 is 5.11 Å². The number of nitro groups is 1. The molecule has 0 heterocycles. The predicted octanol–water partition coefficient (Wildman–Crippen LogP) is 4.08. The Morgan fingerprint density at radius 3 is 2.12 bits per heavy atom. The number of carboxylic acid groups (broad SMARTS) is 1. The second-order valence-corrected chi connectivity index (χ2v) is 7.38. The van der Waals surface area contributed by atoms with Crippen molar-refractivity contribution in [1.82, 2.24) is 5.06 Å². The molecule has 1 amide bonds. The summed E-state index contributed by atoms with van der Waals surface area (Å²) < 4.78 is 0. The minimum absolute atomic E-state index is 0.0842. The normalized spacial score (nSPS) is 10.8. The van der Waals surface area contributed by atoms with Crippen molar-refractivity contribution in [3.05, 3.63) is 111 Å². The number of hydrogen-bond donors (Lipinski definition) is 1. The summed E-state index contributed by atoms with van der Waals surface area (Å²) in [5, 5.41) is 31.8. The summed E-state index contributed by atoms with van der Waals surface area (Å²) in [5.74, 6) is -1.36. The number of amides is 1. The topological polar surface area (TPSA) is 134 Å². The Labute approximate surface area is 195 Å². The van der Waals surface area contributed by atoms with Crippen LogP contribution >= 0.6 is 0 Å². The molecule has 0 aliphatic rings. The maximum atomic E-state index is 11.7. The molecule has 0 atom stereocenters. The average Bonchev–Trinajstić information content (AvgIpc) is 2.87. The van der Waals surface area contributed by atoms with E-state index in [2.05, 4.69) is 6.07 Å². The van der Waals surface area contributed by atoms with E-state index >= 15 is 0 Å². The molecule has 0 saturated heterocycles. The summed E-state index contributed by atoms with van der Waals surface area (Å²) in [6.07, 6.45) is 0.492. The van der Waals surface area contributed by atoms with Crippen LogP contribution in [-0.2, 0) is 21.6 Å². The molecule has 34 heavy (non-hydrogen) atoms. The van der Waals surface area contributed by atoms with Crippen LogP contribution in [0.4, 0.5) is 5.69 Å². The van der Waals surface area contributed by atoms with Crippen LogP contribution in [0.25, 0.3) is 0 Å². The second-order valence-electron chi connectivity index (χ2n) is 7.38. The van der Waals surface area contributed by atoms with E-state index < -0.39 is 28.5 Å². The third kappa shape index (κ3) is 5.09. The molecular formula is C25H21N3O6. The van der Waals surface area contributed by atoms with Gasteiger partial charge in [-0.15, -0.1) is 0 Å². The summed E-state index contributed by atoms with van der Waals surface area (Å²) in [7, 11) is 0. The van der Waals surface area contributed by atoms with E-state index in [0.29, 0.717) is 6.41 Å². The van der Waals surface area contributed by atoms with Gasteiger partial charge in [0, 0.05) is 12.5 Å². The fourth-order valence-electron chi connectivity index (χ4n) is 3.78. The summed E-state index contributed by atoms with van der Waals surface area (Å²) in [6, 6.07) is 24.3. The molecule has 0 radical (unpaired) electrons. The van der Waals surface area contributed by atoms with Crippen molar-refractivity contribution in [2.45, 2.75) is 18.4 Å². The SMILES string of the molecule is N#CC(CCON(C=O)Cc1c(C(=O)O)cccc1[N+](=O)[O-])(c1ccccc1)c1ccccc1. The number of benzene rings is 3. The van der Waals surface area contributed by atoms with E-state index in [1.54, 1.807) is 0 Å². The molecule has 3 aromatic carbocycles. The lowest BCUT2D eigenvalue weighted by atomic mass is 9.73. The van der Waals surface area contributed by atoms with Gasteiger partial charge >= 0.3 is 5.97 Å². The van der Waals surface area contributed by atoms with Crippen molar-refractivity contribution >= 4 is 18.1 Å². The standard InChI is InChI=1S/C25H21N3O6/c26-17-25(19-8-3-1-4-9-19,20-10-5-2-6-11-20)14-15-34-27(18-29)16-22-21(24(30)31)12-7-13-23(22)28(32)33/h1-13,18H,14-16H2,(H,30,31). The number of carboxylic acids is 1. The second kappa shape index (κ2) is 10.8. The highest BCUT2D eigenvalue weighted by atomic mass is 16.7. The minimum atomic E-state index is -1.36. The molecule has 0 bridgehead atoms. The van der Waals surface area contributed by atoms with Crippen molar-refractivity contribution in [2.75, 3.05) is 6.61 Å². The molecule has 0 aliphatic carbocycles. The number of hydrogen-bond acceptors (Lipinski definition) is 6. The van der Waals surface area contributed by atoms with Crippen LogP contribution in [0.3, 0.4) is 0 Å². The first-order valence-corrected chi connectivity index (χ1v) is 10.3. The number of rotatable bonds is 11. The van der Waals surface area contributed by atoms with Gasteiger partial charge in [-0.05, 0) is 17.2 Å². The van der Waals surface area contributed by atoms with Gasteiger partial charge in [0.2, 0.25) is 6.41 Å². The van der Waals surface area contributed by atoms with E-state index in [9.17, 15) is 30.1 Å². The Bertz CT molecular complexity index is 1140. The number of carbonyl (C=O) groups excluding carboxylic acids is 1. The zero-order valence-corrected chi connectivity index (χ0v) is 18.0. The molecule has 9 heteroatoms. The van der Waals surface area contributed by atoms with Crippen molar-refractivity contribution < 1.29 is 24.5 Å². The molecule has 3 aromatic rings. The highest BCUT2D eigenvalue weighted by molar-refractivity contribution is 5.90. The van der Waals surface area contributed by atoms with Crippen LogP contribution in [-0.4, -0.2) is 34.1 Å². The lowest BCUT2D eigenvalue weighted by Gasteiger charge is -2.28. The van der Waals surface area contributed by atoms with Crippen LogP contribution in [0.2, 0.25) is 0 Å². The van der Waals surface area contributed by atoms with Gasteiger partial charge in [0.15, 0.2) is 0 Å². The summed E-state index contributed by atoms with van der Waals surface area (Å²) >= 11 is 0. The highest BCUT2D eigenvalue weighted by Crippen LogP contribution is 2.35. The smallest absolute Gasteiger partial charge is 0.336 e. The monoisotopic (exact) mass is 459 g/mol. The van der Waals surface area contributed by atoms with Crippen molar-refractivity contribution in [3.63, 3.8) is 0 Å². The van der Waals surface area contributed by atoms with Gasteiger partial charge in [0.05, 0.1) is 35.3 Å². The number of nitrogens with zero attached hydrogens (tertiary/aromatic N) is 3. The molecule has 0 aliphatic heterocycles. The molecule has 3 rings (SSSR count). The number of hydroxylamine groups is 2. The van der Waals surface area contributed by atoms with Crippen LogP contribution in [0.5, 0.6) is 0 Å². The van der Waals surface area contributed by atoms with Crippen LogP contribution in [0.1, 0.15) is 33.5 Å². The first kappa shape index (κ1) is 24.1. The van der Waals surface area contributed by atoms with Crippen LogP contribution in [0, 0.1) is 21.4 Å². The van der Waals surface area contributed by atoms with Crippen molar-refractivity contribution in [3.8, 4) is 6.07 Å². The molecule has 0 unspecified atom stereocenters. The third-order valence-electron chi connectivity index (χ3n) is 5.47. The molecule has 9 nitrogen and oxygen atoms in total. The van der Waals surface area contributed by atoms with Gasteiger partial charge in [-0.1, -0.05) is 66.7 Å². The minimum Gasteiger partial charge on any atom is -0.478 e. The van der Waals surface area contributed by atoms with E-state index in [0.717, 1.165) is 22.3 Å². The molecule has 1 N–H and O–H groups in total. The lowest BCUT2D eigenvalue weighted by molar-refractivity contribution is -0.386. The van der Waals surface area contributed by atoms with Gasteiger partial charge in [0.1, 0.15) is 5.41 Å². The molecular weight excluding hydrogens is 438 g/mol. The number of nitro benzene ring substituents is 1. The molecule has 0 saturated carbocycles. The fourth-order valence-corrected chi connectivity index (χ4v) is 3.78. The molecule has 172 valence electrons. The Kier molecular flexibility index (Phi) is 7.69. The largest absolute Gasteiger partial charge is 0.478 e. The van der Waals surface area contributed by atoms with Gasteiger partial charge in [-0.3, -0.25) is 19.7 Å². The Morgan fingerprint density at radius 1 is 1.06 bits per heavy atom. The Balaban J connectivity index is 1.85. The highest BCUT2D eigenvalue weighted by Gasteiger charge is 2.34. The number of aromatic carboxylic acids is 1. The van der Waals surface area contributed by atoms with Crippen LogP contribution in [0.15, 0.2) is 78.9 Å². The lowest BCUT2D eigenvalue weighted by Crippen LogP contribution is -2.31. The van der Waals surface area contributed by atoms with E-state index in [1.165, 1.54) is 12.1 Å². The maximum Gasteiger partial charge on any atom is 0.336 e. The van der Waals surface area contributed by atoms with Gasteiger partial charge in [0.25, 0.3) is 5.69 Å². The first-order chi connectivity index (χ1) is 16.4. The quantitative estimate of drug-likeness (QED) is 0.259. The van der Waals surface area contributed by atoms with Gasteiger partial charge in [-0.25, -0.2) is 9.86 Å². The van der Waals surface area contributed by atoms with E-state index in [1.807, 2.05) is 60.7 Å². The molecule has 0 spiro atoms. The molecule has 0 fully saturated rings. The average molecular weight is 459 g/mol. The zero-order valence-electron chi connectivity index (χ0n) is 18.0. The summed E-state index contributed by atoms with van der Waals surface area (Å²) in [6.45, 7) is -0.530. The first-order valence-electron chi connectivity index (χ1n) is 10.3. The summed E-state index contributed by atoms with van der Waals surface area (Å²) in [4.78, 5) is 39.5. The van der Waals surface area contributed by atoms with Gasteiger partial charge in [-0.2, -0.15) is 5.26 Å².